The lowest BCUT2D eigenvalue weighted by Crippen LogP contribution is -2.36. The number of aromatic nitrogens is 2. The minimum absolute atomic E-state index is 0.0888. The Labute approximate surface area is 177 Å². The first-order chi connectivity index (χ1) is 14.0. The van der Waals surface area contributed by atoms with E-state index in [2.05, 4.69) is 40.3 Å². The van der Waals surface area contributed by atoms with E-state index in [1.807, 2.05) is 0 Å². The number of halogens is 1. The number of rotatable bonds is 13. The quantitative estimate of drug-likeness (QED) is 0.465. The van der Waals surface area contributed by atoms with Crippen LogP contribution in [-0.4, -0.2) is 34.4 Å². The number of carbonyl (C=O) groups is 1. The number of hydrogen-bond acceptors (Lipinski definition) is 5. The van der Waals surface area contributed by atoms with Gasteiger partial charge in [0.25, 0.3) is 0 Å². The van der Waals surface area contributed by atoms with E-state index in [1.165, 1.54) is 36.5 Å². The maximum Gasteiger partial charge on any atom is 0.221 e. The maximum absolute atomic E-state index is 13.1. The average Bonchev–Trinajstić information content (AvgIpc) is 3.17. The molecule has 0 fully saturated rings. The molecule has 1 unspecified atom stereocenters. The molecule has 2 aromatic rings. The first-order valence-corrected chi connectivity index (χ1v) is 11.4. The molecule has 0 aliphatic carbocycles. The fourth-order valence-electron chi connectivity index (χ4n) is 3.03. The van der Waals surface area contributed by atoms with Crippen molar-refractivity contribution < 1.29 is 9.18 Å². The summed E-state index contributed by atoms with van der Waals surface area (Å²) in [6, 6.07) is 6.70. The van der Waals surface area contributed by atoms with Gasteiger partial charge in [-0.25, -0.2) is 9.37 Å². The molecular formula is C22H33FN4OS. The summed E-state index contributed by atoms with van der Waals surface area (Å²) < 4.78 is 17.5. The van der Waals surface area contributed by atoms with Crippen LogP contribution in [0.4, 0.5) is 9.52 Å². The van der Waals surface area contributed by atoms with Crippen LogP contribution in [0.25, 0.3) is 0 Å². The second kappa shape index (κ2) is 12.5. The molecule has 1 aromatic heterocycles. The van der Waals surface area contributed by atoms with Gasteiger partial charge >= 0.3 is 0 Å². The molecule has 0 aliphatic rings. The van der Waals surface area contributed by atoms with Crippen molar-refractivity contribution in [3.63, 3.8) is 0 Å². The lowest BCUT2D eigenvalue weighted by atomic mass is 10.1. The zero-order chi connectivity index (χ0) is 21.1. The second-order valence-electron chi connectivity index (χ2n) is 7.41. The Balaban J connectivity index is 1.90. The number of amides is 1. The standard InChI is InChI=1S/C22H33FN4OS/c1-4-6-7-8-14-24-21(28)13-15-27(17(3)5-2)22-25-20(26-29-22)16-18-9-11-19(23)12-10-18/h9-12,17H,4-8,13-16H2,1-3H3,(H,24,28). The molecule has 0 saturated heterocycles. The molecule has 1 amide bonds. The predicted molar refractivity (Wildman–Crippen MR) is 118 cm³/mol. The van der Waals surface area contributed by atoms with Gasteiger partial charge in [-0.1, -0.05) is 45.2 Å². The summed E-state index contributed by atoms with van der Waals surface area (Å²) in [5.74, 6) is 0.573. The van der Waals surface area contributed by atoms with Gasteiger partial charge in [-0.2, -0.15) is 4.37 Å². The van der Waals surface area contributed by atoms with Crippen molar-refractivity contribution in [3.05, 3.63) is 41.5 Å². The zero-order valence-corrected chi connectivity index (χ0v) is 18.6. The molecule has 0 aliphatic heterocycles. The van der Waals surface area contributed by atoms with E-state index in [1.54, 1.807) is 12.1 Å². The zero-order valence-electron chi connectivity index (χ0n) is 17.8. The van der Waals surface area contributed by atoms with Gasteiger partial charge in [0.1, 0.15) is 11.6 Å². The highest BCUT2D eigenvalue weighted by Gasteiger charge is 2.19. The Morgan fingerprint density at radius 2 is 1.97 bits per heavy atom. The van der Waals surface area contributed by atoms with Crippen LogP contribution in [0.3, 0.4) is 0 Å². The van der Waals surface area contributed by atoms with Crippen LogP contribution < -0.4 is 10.2 Å². The number of nitrogens with zero attached hydrogens (tertiary/aromatic N) is 3. The Kier molecular flexibility index (Phi) is 10.0. The number of hydrogen-bond donors (Lipinski definition) is 1. The van der Waals surface area contributed by atoms with Crippen molar-refractivity contribution >= 4 is 22.6 Å². The maximum atomic E-state index is 13.1. The molecule has 0 bridgehead atoms. The summed E-state index contributed by atoms with van der Waals surface area (Å²) in [5.41, 5.74) is 0.980. The monoisotopic (exact) mass is 420 g/mol. The van der Waals surface area contributed by atoms with Crippen LogP contribution in [0.15, 0.2) is 24.3 Å². The van der Waals surface area contributed by atoms with E-state index in [-0.39, 0.29) is 17.8 Å². The highest BCUT2D eigenvalue weighted by atomic mass is 32.1. The van der Waals surface area contributed by atoms with Crippen molar-refractivity contribution in [2.75, 3.05) is 18.0 Å². The van der Waals surface area contributed by atoms with E-state index >= 15 is 0 Å². The molecule has 2 rings (SSSR count). The topological polar surface area (TPSA) is 58.1 Å². The van der Waals surface area contributed by atoms with Gasteiger partial charge in [-0.05, 0) is 37.5 Å². The third kappa shape index (κ3) is 8.09. The third-order valence-electron chi connectivity index (χ3n) is 5.03. The summed E-state index contributed by atoms with van der Waals surface area (Å²) in [4.78, 5) is 19.0. The molecule has 0 radical (unpaired) electrons. The minimum Gasteiger partial charge on any atom is -0.356 e. The van der Waals surface area contributed by atoms with Crippen LogP contribution in [-0.2, 0) is 11.2 Å². The predicted octanol–water partition coefficient (Wildman–Crippen LogP) is 4.96. The third-order valence-corrected chi connectivity index (χ3v) is 5.82. The highest BCUT2D eigenvalue weighted by Crippen LogP contribution is 2.22. The molecular weight excluding hydrogens is 387 g/mol. The van der Waals surface area contributed by atoms with Crippen LogP contribution in [0.2, 0.25) is 0 Å². The van der Waals surface area contributed by atoms with E-state index in [9.17, 15) is 9.18 Å². The SMILES string of the molecule is CCCCCCNC(=O)CCN(c1nc(Cc2ccc(F)cc2)ns1)C(C)CC. The normalized spacial score (nSPS) is 12.0. The van der Waals surface area contributed by atoms with Crippen LogP contribution in [0.5, 0.6) is 0 Å². The number of unbranched alkanes of at least 4 members (excludes halogenated alkanes) is 3. The molecule has 1 N–H and O–H groups in total. The van der Waals surface area contributed by atoms with Gasteiger partial charge < -0.3 is 10.2 Å². The van der Waals surface area contributed by atoms with E-state index in [0.29, 0.717) is 19.4 Å². The highest BCUT2D eigenvalue weighted by molar-refractivity contribution is 7.09. The Bertz CT molecular complexity index is 735. The Morgan fingerprint density at radius 3 is 2.66 bits per heavy atom. The Morgan fingerprint density at radius 1 is 1.21 bits per heavy atom. The molecule has 7 heteroatoms. The molecule has 1 aromatic carbocycles. The van der Waals surface area contributed by atoms with Crippen molar-refractivity contribution in [1.29, 1.82) is 0 Å². The van der Waals surface area contributed by atoms with Crippen LogP contribution in [0.1, 0.15) is 70.7 Å². The number of nitrogens with one attached hydrogen (secondary N) is 1. The van der Waals surface area contributed by atoms with Crippen LogP contribution in [0, 0.1) is 5.82 Å². The largest absolute Gasteiger partial charge is 0.356 e. The summed E-state index contributed by atoms with van der Waals surface area (Å²) in [5, 5.41) is 3.86. The fourth-order valence-corrected chi connectivity index (χ4v) is 3.85. The van der Waals surface area contributed by atoms with E-state index in [0.717, 1.165) is 42.3 Å². The van der Waals surface area contributed by atoms with Crippen molar-refractivity contribution in [2.24, 2.45) is 0 Å². The summed E-state index contributed by atoms with van der Waals surface area (Å²) in [6.45, 7) is 7.83. The van der Waals surface area contributed by atoms with E-state index in [4.69, 9.17) is 0 Å². The number of anilines is 1. The molecule has 5 nitrogen and oxygen atoms in total. The van der Waals surface area contributed by atoms with Crippen molar-refractivity contribution in [3.8, 4) is 0 Å². The first kappa shape index (κ1) is 23.3. The van der Waals surface area contributed by atoms with Gasteiger partial charge in [0, 0.05) is 43.5 Å². The van der Waals surface area contributed by atoms with Gasteiger partial charge in [0.2, 0.25) is 11.0 Å². The number of carbonyl (C=O) groups excluding carboxylic acids is 1. The second-order valence-corrected chi connectivity index (χ2v) is 8.14. The van der Waals surface area contributed by atoms with E-state index < -0.39 is 0 Å². The summed E-state index contributed by atoms with van der Waals surface area (Å²) >= 11 is 1.36. The lowest BCUT2D eigenvalue weighted by Gasteiger charge is -2.27. The summed E-state index contributed by atoms with van der Waals surface area (Å²) in [7, 11) is 0. The van der Waals surface area contributed by atoms with Gasteiger partial charge in [-0.3, -0.25) is 4.79 Å². The molecule has 0 saturated carbocycles. The first-order valence-electron chi connectivity index (χ1n) is 10.6. The molecule has 0 spiro atoms. The molecule has 29 heavy (non-hydrogen) atoms. The molecule has 160 valence electrons. The van der Waals surface area contributed by atoms with Crippen LogP contribution >= 0.6 is 11.5 Å². The Hall–Kier alpha value is -2.02. The molecule has 1 heterocycles. The average molecular weight is 421 g/mol. The fraction of sp³-hybridized carbons (Fsp3) is 0.591. The van der Waals surface area contributed by atoms with Gasteiger partial charge in [-0.15, -0.1) is 0 Å². The van der Waals surface area contributed by atoms with Gasteiger partial charge in [0.15, 0.2) is 0 Å². The minimum atomic E-state index is -0.243. The van der Waals surface area contributed by atoms with Crippen molar-refractivity contribution in [2.45, 2.75) is 71.8 Å². The molecule has 1 atom stereocenters. The summed E-state index contributed by atoms with van der Waals surface area (Å²) in [6.07, 6.45) is 6.60. The van der Waals surface area contributed by atoms with Gasteiger partial charge in [0.05, 0.1) is 0 Å². The smallest absolute Gasteiger partial charge is 0.221 e. The lowest BCUT2D eigenvalue weighted by molar-refractivity contribution is -0.120. The number of benzene rings is 1. The van der Waals surface area contributed by atoms with Crippen molar-refractivity contribution in [1.82, 2.24) is 14.7 Å².